The van der Waals surface area contributed by atoms with E-state index in [4.69, 9.17) is 0 Å². The van der Waals surface area contributed by atoms with Gasteiger partial charge in [-0.3, -0.25) is 4.31 Å². The Hall–Kier alpha value is -1.85. The van der Waals surface area contributed by atoms with Gasteiger partial charge >= 0.3 is 0 Å². The maximum absolute atomic E-state index is 13.7. The topological polar surface area (TPSA) is 49.4 Å². The molecule has 0 aromatic heterocycles. The second kappa shape index (κ2) is 8.03. The first-order valence-electron chi connectivity index (χ1n) is 9.76. The van der Waals surface area contributed by atoms with Crippen molar-refractivity contribution in [1.29, 1.82) is 0 Å². The summed E-state index contributed by atoms with van der Waals surface area (Å²) in [5, 5.41) is 3.21. The average molecular weight is 387 g/mol. The van der Waals surface area contributed by atoms with Crippen LogP contribution in [0.25, 0.3) is 0 Å². The van der Waals surface area contributed by atoms with E-state index in [9.17, 15) is 8.42 Å². The lowest BCUT2D eigenvalue weighted by Crippen LogP contribution is -2.36. The molecule has 27 heavy (non-hydrogen) atoms. The standard InChI is InChI=1S/C22H30N2O2S/c1-5-18(15-23-4)20-12-11-16(2)21(14-20)27(25,26)24-13-7-10-19-9-6-8-17(3)22(19)24/h6,8-9,11-12,14,18,23H,5,7,10,13,15H2,1-4H3. The van der Waals surface area contributed by atoms with E-state index in [1.54, 1.807) is 4.31 Å². The third-order valence-electron chi connectivity index (χ3n) is 5.57. The van der Waals surface area contributed by atoms with Crippen molar-refractivity contribution in [2.75, 3.05) is 24.4 Å². The van der Waals surface area contributed by atoms with Crippen LogP contribution in [-0.2, 0) is 16.4 Å². The summed E-state index contributed by atoms with van der Waals surface area (Å²) in [5.41, 5.74) is 4.90. The van der Waals surface area contributed by atoms with Gasteiger partial charge < -0.3 is 5.32 Å². The largest absolute Gasteiger partial charge is 0.319 e. The fourth-order valence-corrected chi connectivity index (χ4v) is 5.92. The van der Waals surface area contributed by atoms with Gasteiger partial charge in [0.15, 0.2) is 0 Å². The number of hydrogen-bond acceptors (Lipinski definition) is 3. The zero-order valence-corrected chi connectivity index (χ0v) is 17.6. The molecule has 0 saturated heterocycles. The van der Waals surface area contributed by atoms with E-state index in [0.29, 0.717) is 17.4 Å². The van der Waals surface area contributed by atoms with Gasteiger partial charge in [0.1, 0.15) is 0 Å². The van der Waals surface area contributed by atoms with E-state index in [1.807, 2.05) is 51.2 Å². The van der Waals surface area contributed by atoms with Gasteiger partial charge in [-0.05, 0) is 74.4 Å². The number of hydrogen-bond donors (Lipinski definition) is 1. The molecule has 1 N–H and O–H groups in total. The molecule has 0 spiro atoms. The summed E-state index contributed by atoms with van der Waals surface area (Å²) in [6.45, 7) is 7.40. The third-order valence-corrected chi connectivity index (χ3v) is 7.51. The first-order valence-corrected chi connectivity index (χ1v) is 11.2. The number of para-hydroxylation sites is 1. The lowest BCUT2D eigenvalue weighted by molar-refractivity contribution is 0.583. The SMILES string of the molecule is CCC(CNC)c1ccc(C)c(S(=O)(=O)N2CCCc3cccc(C)c32)c1. The molecule has 0 amide bonds. The Morgan fingerprint density at radius 3 is 2.63 bits per heavy atom. The van der Waals surface area contributed by atoms with Crippen LogP contribution >= 0.6 is 0 Å². The molecule has 0 fully saturated rings. The van der Waals surface area contributed by atoms with Crippen LogP contribution in [0.15, 0.2) is 41.3 Å². The maximum Gasteiger partial charge on any atom is 0.264 e. The Morgan fingerprint density at radius 2 is 1.93 bits per heavy atom. The normalized spacial score (nSPS) is 15.5. The van der Waals surface area contributed by atoms with Gasteiger partial charge in [-0.15, -0.1) is 0 Å². The summed E-state index contributed by atoms with van der Waals surface area (Å²) in [6, 6.07) is 12.0. The molecule has 0 bridgehead atoms. The highest BCUT2D eigenvalue weighted by Crippen LogP contribution is 2.36. The van der Waals surface area contributed by atoms with E-state index in [2.05, 4.69) is 18.3 Å². The molecular formula is C22H30N2O2S. The van der Waals surface area contributed by atoms with Gasteiger partial charge in [0.25, 0.3) is 10.0 Å². The summed E-state index contributed by atoms with van der Waals surface area (Å²) in [7, 11) is -1.66. The van der Waals surface area contributed by atoms with Crippen LogP contribution in [0.4, 0.5) is 5.69 Å². The zero-order chi connectivity index (χ0) is 19.6. The minimum atomic E-state index is -3.59. The van der Waals surface area contributed by atoms with Crippen molar-refractivity contribution >= 4 is 15.7 Å². The average Bonchev–Trinajstić information content (AvgIpc) is 2.66. The van der Waals surface area contributed by atoms with Crippen LogP contribution in [0.2, 0.25) is 0 Å². The molecule has 2 aromatic carbocycles. The first kappa shape index (κ1) is 19.9. The third kappa shape index (κ3) is 3.76. The molecule has 0 radical (unpaired) electrons. The minimum Gasteiger partial charge on any atom is -0.319 e. The molecule has 1 aliphatic rings. The van der Waals surface area contributed by atoms with Crippen molar-refractivity contribution in [1.82, 2.24) is 5.32 Å². The zero-order valence-electron chi connectivity index (χ0n) is 16.7. The van der Waals surface area contributed by atoms with Crippen molar-refractivity contribution in [2.45, 2.75) is 50.8 Å². The molecule has 1 unspecified atom stereocenters. The van der Waals surface area contributed by atoms with Crippen molar-refractivity contribution < 1.29 is 8.42 Å². The van der Waals surface area contributed by atoms with Crippen LogP contribution in [-0.4, -0.2) is 28.6 Å². The number of fused-ring (bicyclic) bond motifs is 1. The molecule has 4 nitrogen and oxygen atoms in total. The fraction of sp³-hybridized carbons (Fsp3) is 0.455. The lowest BCUT2D eigenvalue weighted by atomic mass is 9.95. The van der Waals surface area contributed by atoms with E-state index in [-0.39, 0.29) is 0 Å². The van der Waals surface area contributed by atoms with Crippen molar-refractivity contribution in [3.63, 3.8) is 0 Å². The summed E-state index contributed by atoms with van der Waals surface area (Å²) in [6.07, 6.45) is 2.75. The predicted octanol–water partition coefficient (Wildman–Crippen LogP) is 4.16. The van der Waals surface area contributed by atoms with Gasteiger partial charge in [0, 0.05) is 13.1 Å². The summed E-state index contributed by atoms with van der Waals surface area (Å²) >= 11 is 0. The number of rotatable bonds is 6. The minimum absolute atomic E-state index is 0.305. The quantitative estimate of drug-likeness (QED) is 0.811. The van der Waals surface area contributed by atoms with Crippen LogP contribution < -0.4 is 9.62 Å². The van der Waals surface area contributed by atoms with Crippen molar-refractivity contribution in [3.8, 4) is 0 Å². The number of aryl methyl sites for hydroxylation is 3. The van der Waals surface area contributed by atoms with Crippen molar-refractivity contribution in [3.05, 3.63) is 58.7 Å². The summed E-state index contributed by atoms with van der Waals surface area (Å²) in [5.74, 6) is 0.305. The Balaban J connectivity index is 2.09. The summed E-state index contributed by atoms with van der Waals surface area (Å²) < 4.78 is 28.9. The van der Waals surface area contributed by atoms with Gasteiger partial charge in [-0.25, -0.2) is 8.42 Å². The van der Waals surface area contributed by atoms with Crippen LogP contribution in [0.5, 0.6) is 0 Å². The number of nitrogens with one attached hydrogen (secondary N) is 1. The van der Waals surface area contributed by atoms with Gasteiger partial charge in [-0.1, -0.05) is 37.3 Å². The number of anilines is 1. The monoisotopic (exact) mass is 386 g/mol. The van der Waals surface area contributed by atoms with E-state index in [0.717, 1.165) is 53.7 Å². The second-order valence-electron chi connectivity index (χ2n) is 7.45. The number of nitrogens with zero attached hydrogens (tertiary/aromatic N) is 1. The van der Waals surface area contributed by atoms with Gasteiger partial charge in [0.05, 0.1) is 10.6 Å². The predicted molar refractivity (Wildman–Crippen MR) is 112 cm³/mol. The highest BCUT2D eigenvalue weighted by Gasteiger charge is 2.31. The maximum atomic E-state index is 13.7. The molecule has 2 aromatic rings. The van der Waals surface area contributed by atoms with Crippen LogP contribution in [0, 0.1) is 13.8 Å². The molecule has 3 rings (SSSR count). The molecule has 1 aliphatic heterocycles. The molecule has 0 saturated carbocycles. The molecule has 1 heterocycles. The molecule has 146 valence electrons. The summed E-state index contributed by atoms with van der Waals surface area (Å²) in [4.78, 5) is 0.436. The molecule has 0 aliphatic carbocycles. The number of benzene rings is 2. The number of likely N-dealkylation sites (N-methyl/N-ethyl adjacent to an activating group) is 1. The number of sulfonamides is 1. The first-order chi connectivity index (χ1) is 12.9. The lowest BCUT2D eigenvalue weighted by Gasteiger charge is -2.32. The van der Waals surface area contributed by atoms with Gasteiger partial charge in [-0.2, -0.15) is 0 Å². The van der Waals surface area contributed by atoms with Crippen molar-refractivity contribution in [2.24, 2.45) is 0 Å². The van der Waals surface area contributed by atoms with Crippen LogP contribution in [0.3, 0.4) is 0 Å². The van der Waals surface area contributed by atoms with E-state index < -0.39 is 10.0 Å². The molecule has 5 heteroatoms. The second-order valence-corrected chi connectivity index (χ2v) is 9.28. The highest BCUT2D eigenvalue weighted by molar-refractivity contribution is 7.92. The van der Waals surface area contributed by atoms with Gasteiger partial charge in [0.2, 0.25) is 0 Å². The smallest absolute Gasteiger partial charge is 0.264 e. The molecule has 1 atom stereocenters. The fourth-order valence-electron chi connectivity index (χ4n) is 4.06. The Kier molecular flexibility index (Phi) is 5.92. The highest BCUT2D eigenvalue weighted by atomic mass is 32.2. The van der Waals surface area contributed by atoms with Crippen LogP contribution in [0.1, 0.15) is 47.9 Å². The molecular weight excluding hydrogens is 356 g/mol. The Bertz CT molecular complexity index is 922. The Labute approximate surface area is 163 Å². The Morgan fingerprint density at radius 1 is 1.15 bits per heavy atom. The van der Waals surface area contributed by atoms with E-state index >= 15 is 0 Å². The van der Waals surface area contributed by atoms with E-state index in [1.165, 1.54) is 0 Å².